The summed E-state index contributed by atoms with van der Waals surface area (Å²) in [5, 5.41) is 4.01. The lowest BCUT2D eigenvalue weighted by Gasteiger charge is -2.14. The first-order valence-electron chi connectivity index (χ1n) is 15.7. The quantitative estimate of drug-likeness (QED) is 0.0991. The van der Waals surface area contributed by atoms with Gasteiger partial charge in [-0.15, -0.1) is 0 Å². The number of benzene rings is 1. The molecule has 12 heteroatoms. The summed E-state index contributed by atoms with van der Waals surface area (Å²) in [5.41, 5.74) is 2.28. The van der Waals surface area contributed by atoms with Crippen molar-refractivity contribution in [1.29, 1.82) is 0 Å². The number of halogens is 1. The number of Topliss-reactive ketones (excluding diaryl/α,β-unsaturated/α-hetero) is 1. The molecule has 0 radical (unpaired) electrons. The van der Waals surface area contributed by atoms with Crippen molar-refractivity contribution >= 4 is 52.8 Å². The molecular formula is C35H51ClN4O7. The van der Waals surface area contributed by atoms with E-state index in [1.165, 1.54) is 11.3 Å². The van der Waals surface area contributed by atoms with Gasteiger partial charge in [-0.2, -0.15) is 0 Å². The van der Waals surface area contributed by atoms with Gasteiger partial charge in [-0.05, 0) is 44.0 Å². The maximum absolute atomic E-state index is 13.0. The Hall–Kier alpha value is -3.64. The topological polar surface area (TPSA) is 129 Å². The molecule has 2 heterocycles. The third kappa shape index (κ3) is 13.9. The minimum absolute atomic E-state index is 0.00585. The molecule has 260 valence electrons. The van der Waals surface area contributed by atoms with Crippen LogP contribution < -0.4 is 10.2 Å². The lowest BCUT2D eigenvalue weighted by molar-refractivity contribution is -0.143. The van der Waals surface area contributed by atoms with Crippen molar-refractivity contribution in [2.24, 2.45) is 11.8 Å². The number of rotatable bonds is 17. The highest BCUT2D eigenvalue weighted by molar-refractivity contribution is 6.31. The van der Waals surface area contributed by atoms with Crippen LogP contribution in [0.5, 0.6) is 0 Å². The number of amides is 1. The van der Waals surface area contributed by atoms with Crippen LogP contribution in [-0.2, 0) is 37.1 Å². The average Bonchev–Trinajstić information content (AvgIpc) is 3.36. The Morgan fingerprint density at radius 1 is 1.11 bits per heavy atom. The van der Waals surface area contributed by atoms with E-state index in [1.54, 1.807) is 63.3 Å². The number of hydrogen-bond donors (Lipinski definition) is 1. The number of anilines is 1. The number of aromatic nitrogens is 2. The molecule has 47 heavy (non-hydrogen) atoms. The van der Waals surface area contributed by atoms with Crippen LogP contribution in [0.3, 0.4) is 0 Å². The van der Waals surface area contributed by atoms with Crippen LogP contribution in [0.25, 0.3) is 10.9 Å². The monoisotopic (exact) mass is 674 g/mol. The Morgan fingerprint density at radius 3 is 2.38 bits per heavy atom. The third-order valence-corrected chi connectivity index (χ3v) is 7.32. The second kappa shape index (κ2) is 22.8. The molecule has 3 rings (SSSR count). The van der Waals surface area contributed by atoms with Crippen LogP contribution in [0.15, 0.2) is 36.5 Å². The van der Waals surface area contributed by atoms with Crippen molar-refractivity contribution in [1.82, 2.24) is 14.9 Å². The lowest BCUT2D eigenvalue weighted by Crippen LogP contribution is -2.22. The Bertz CT molecular complexity index is 1410. The van der Waals surface area contributed by atoms with Crippen molar-refractivity contribution in [3.8, 4) is 0 Å². The van der Waals surface area contributed by atoms with Gasteiger partial charge in [0.25, 0.3) is 0 Å². The van der Waals surface area contributed by atoms with Gasteiger partial charge in [-0.3, -0.25) is 19.2 Å². The standard InChI is InChI=1S/C21H28ClNO3.C11H15N3O3.C3H8O/c1-14(2)6-5-7-15(3)10-20(25)21-17-9-8-16(22)11-18(17)23(13-26-4)19(21)12-24;1-12-6-10(16)17-7-9-4-3-5-13-11(9)14(2)8-15;1-3-4-2/h8-9,11-12,14-15H,5-7,10,13H2,1-4H3;3-5,8,12H,6-7H2,1-2H3;3H2,1-2H3. The number of ether oxygens (including phenoxy) is 3. The highest BCUT2D eigenvalue weighted by Crippen LogP contribution is 2.30. The van der Waals surface area contributed by atoms with Gasteiger partial charge in [0, 0.05) is 56.5 Å². The number of likely N-dealkylation sites (N-methyl/N-ethyl adjacent to an activating group) is 1. The maximum atomic E-state index is 13.0. The second-order valence-corrected chi connectivity index (χ2v) is 11.8. The molecule has 0 aliphatic heterocycles. The predicted octanol–water partition coefficient (Wildman–Crippen LogP) is 6.34. The van der Waals surface area contributed by atoms with Crippen molar-refractivity contribution in [3.63, 3.8) is 0 Å². The van der Waals surface area contributed by atoms with E-state index in [0.29, 0.717) is 46.4 Å². The zero-order valence-electron chi connectivity index (χ0n) is 29.0. The summed E-state index contributed by atoms with van der Waals surface area (Å²) >= 11 is 6.11. The fraction of sp³-hybridized carbons (Fsp3) is 0.514. The van der Waals surface area contributed by atoms with Gasteiger partial charge >= 0.3 is 5.97 Å². The third-order valence-electron chi connectivity index (χ3n) is 7.09. The molecule has 0 fully saturated rings. The predicted molar refractivity (Wildman–Crippen MR) is 186 cm³/mol. The van der Waals surface area contributed by atoms with Crippen LogP contribution in [0.4, 0.5) is 5.82 Å². The number of carbonyl (C=O) groups is 4. The minimum atomic E-state index is -0.351. The molecule has 0 aliphatic rings. The normalized spacial score (nSPS) is 11.2. The minimum Gasteiger partial charge on any atom is -0.460 e. The first-order chi connectivity index (χ1) is 22.5. The molecule has 0 spiro atoms. The molecule has 0 saturated heterocycles. The Labute approximate surface area is 283 Å². The molecule has 11 nitrogen and oxygen atoms in total. The second-order valence-electron chi connectivity index (χ2n) is 11.4. The van der Waals surface area contributed by atoms with Gasteiger partial charge in [0.1, 0.15) is 19.2 Å². The number of methoxy groups -OCH3 is 2. The first-order valence-corrected chi connectivity index (χ1v) is 16.1. The van der Waals surface area contributed by atoms with Crippen molar-refractivity contribution in [2.75, 3.05) is 46.4 Å². The molecule has 1 amide bonds. The fourth-order valence-corrected chi connectivity index (χ4v) is 4.85. The molecule has 1 atom stereocenters. The number of hydrogen-bond acceptors (Lipinski definition) is 9. The van der Waals surface area contributed by atoms with E-state index in [-0.39, 0.29) is 37.6 Å². The number of aldehydes is 1. The smallest absolute Gasteiger partial charge is 0.320 e. The van der Waals surface area contributed by atoms with E-state index in [1.807, 2.05) is 13.0 Å². The molecule has 1 N–H and O–H groups in total. The van der Waals surface area contributed by atoms with E-state index in [4.69, 9.17) is 21.1 Å². The van der Waals surface area contributed by atoms with Gasteiger partial charge in [0.15, 0.2) is 12.1 Å². The van der Waals surface area contributed by atoms with Crippen LogP contribution in [0, 0.1) is 11.8 Å². The van der Waals surface area contributed by atoms with Crippen molar-refractivity contribution in [3.05, 3.63) is 58.4 Å². The molecule has 1 aromatic carbocycles. The largest absolute Gasteiger partial charge is 0.460 e. The van der Waals surface area contributed by atoms with E-state index >= 15 is 0 Å². The number of fused-ring (bicyclic) bond motifs is 1. The summed E-state index contributed by atoms with van der Waals surface area (Å²) in [4.78, 5) is 52.0. The maximum Gasteiger partial charge on any atom is 0.320 e. The molecular weight excluding hydrogens is 624 g/mol. The van der Waals surface area contributed by atoms with E-state index in [0.717, 1.165) is 36.6 Å². The molecule has 1 unspecified atom stereocenters. The Balaban J connectivity index is 0.000000452. The first kappa shape index (κ1) is 41.4. The zero-order valence-corrected chi connectivity index (χ0v) is 29.8. The summed E-state index contributed by atoms with van der Waals surface area (Å²) in [6, 6.07) is 8.82. The summed E-state index contributed by atoms with van der Waals surface area (Å²) < 4.78 is 16.5. The van der Waals surface area contributed by atoms with E-state index in [9.17, 15) is 19.2 Å². The van der Waals surface area contributed by atoms with Gasteiger partial charge in [0.05, 0.1) is 23.3 Å². The highest BCUT2D eigenvalue weighted by atomic mass is 35.5. The van der Waals surface area contributed by atoms with Gasteiger partial charge in [0.2, 0.25) is 6.41 Å². The summed E-state index contributed by atoms with van der Waals surface area (Å²) in [6.45, 7) is 9.75. The highest BCUT2D eigenvalue weighted by Gasteiger charge is 2.23. The van der Waals surface area contributed by atoms with E-state index in [2.05, 4.69) is 35.8 Å². The summed E-state index contributed by atoms with van der Waals surface area (Å²) in [7, 11) is 6.49. The summed E-state index contributed by atoms with van der Waals surface area (Å²) in [5.74, 6) is 1.10. The number of ketones is 1. The van der Waals surface area contributed by atoms with Crippen LogP contribution in [0.1, 0.15) is 79.8 Å². The Kier molecular flexibility index (Phi) is 20.1. The number of esters is 1. The van der Waals surface area contributed by atoms with Gasteiger partial charge in [-0.25, -0.2) is 4.98 Å². The van der Waals surface area contributed by atoms with Gasteiger partial charge < -0.3 is 29.0 Å². The lowest BCUT2D eigenvalue weighted by atomic mass is 9.92. The van der Waals surface area contributed by atoms with Gasteiger partial charge in [-0.1, -0.05) is 63.8 Å². The summed E-state index contributed by atoms with van der Waals surface area (Å²) in [6.07, 6.45) is 6.72. The van der Waals surface area contributed by atoms with E-state index < -0.39 is 0 Å². The zero-order chi connectivity index (χ0) is 35.4. The van der Waals surface area contributed by atoms with Crippen LogP contribution in [0.2, 0.25) is 5.02 Å². The number of nitrogens with one attached hydrogen (secondary N) is 1. The number of pyridine rings is 1. The number of carbonyl (C=O) groups excluding carboxylic acids is 4. The van der Waals surface area contributed by atoms with Crippen molar-refractivity contribution in [2.45, 2.75) is 66.7 Å². The SMILES string of the molecule is CCOC.CNCC(=O)OCc1cccnc1N(C)C=O.COCn1c(C=O)c(C(=O)CC(C)CCCC(C)C)c2ccc(Cl)cc21. The fourth-order valence-electron chi connectivity index (χ4n) is 4.69. The Morgan fingerprint density at radius 2 is 1.81 bits per heavy atom. The van der Waals surface area contributed by atoms with Crippen LogP contribution >= 0.6 is 11.6 Å². The molecule has 3 aromatic rings. The van der Waals surface area contributed by atoms with Crippen LogP contribution in [-0.4, -0.2) is 75.5 Å². The molecule has 0 saturated carbocycles. The average molecular weight is 675 g/mol. The molecule has 0 aliphatic carbocycles. The molecule has 0 bridgehead atoms. The number of nitrogens with zero attached hydrogens (tertiary/aromatic N) is 3. The molecule has 2 aromatic heterocycles. The van der Waals surface area contributed by atoms with Crippen molar-refractivity contribution < 1.29 is 33.4 Å².